The highest BCUT2D eigenvalue weighted by Crippen LogP contribution is 2.26. The second-order valence-electron chi connectivity index (χ2n) is 6.53. The van der Waals surface area contributed by atoms with Gasteiger partial charge in [-0.15, -0.1) is 0 Å². The summed E-state index contributed by atoms with van der Waals surface area (Å²) in [4.78, 5) is 12.7. The van der Waals surface area contributed by atoms with Crippen LogP contribution in [0.3, 0.4) is 0 Å². The smallest absolute Gasteiger partial charge is 0.252 e. The van der Waals surface area contributed by atoms with Crippen molar-refractivity contribution in [3.05, 3.63) is 108 Å². The summed E-state index contributed by atoms with van der Waals surface area (Å²) in [5.41, 5.74) is 2.34. The Hall–Kier alpha value is -3.73. The van der Waals surface area contributed by atoms with Crippen molar-refractivity contribution in [2.75, 3.05) is 0 Å². The molecule has 28 heavy (non-hydrogen) atoms. The van der Waals surface area contributed by atoms with Crippen molar-refractivity contribution >= 4 is 18.0 Å². The topological polar surface area (TPSA) is 67.5 Å². The molecule has 3 aromatic rings. The Morgan fingerprint density at radius 1 is 0.893 bits per heavy atom. The van der Waals surface area contributed by atoms with Crippen LogP contribution in [0, 0.1) is 0 Å². The maximum Gasteiger partial charge on any atom is 0.252 e. The van der Waals surface area contributed by atoms with Gasteiger partial charge in [-0.05, 0) is 29.4 Å². The Morgan fingerprint density at radius 3 is 2.11 bits per heavy atom. The van der Waals surface area contributed by atoms with E-state index in [-0.39, 0.29) is 11.8 Å². The summed E-state index contributed by atoms with van der Waals surface area (Å²) in [6, 6.07) is 27.0. The first kappa shape index (κ1) is 17.7. The van der Waals surface area contributed by atoms with Gasteiger partial charge in [0.25, 0.3) is 5.91 Å². The molecule has 1 heterocycles. The van der Waals surface area contributed by atoms with E-state index in [0.717, 1.165) is 11.1 Å². The van der Waals surface area contributed by atoms with Gasteiger partial charge < -0.3 is 10.4 Å². The Kier molecular flexibility index (Phi) is 4.97. The Balaban J connectivity index is 1.70. The maximum absolute atomic E-state index is 12.7. The number of carbonyl (C=O) groups excluding carboxylic acids is 1. The minimum absolute atomic E-state index is 0.295. The van der Waals surface area contributed by atoms with Crippen LogP contribution in [0.15, 0.2) is 96.1 Å². The van der Waals surface area contributed by atoms with Crippen LogP contribution in [-0.2, 0) is 0 Å². The number of hydrogen-bond donors (Lipinski definition) is 1. The highest BCUT2D eigenvalue weighted by molar-refractivity contribution is 5.97. The van der Waals surface area contributed by atoms with E-state index in [4.69, 9.17) is 0 Å². The lowest BCUT2D eigenvalue weighted by molar-refractivity contribution is -0.565. The van der Waals surface area contributed by atoms with E-state index in [1.807, 2.05) is 72.9 Å². The van der Waals surface area contributed by atoms with Crippen molar-refractivity contribution < 1.29 is 14.6 Å². The predicted octanol–water partition coefficient (Wildman–Crippen LogP) is 2.35. The second-order valence-corrected chi connectivity index (χ2v) is 6.53. The SMILES string of the molecule is O=C(N[C@H]1C([O-])=N/[N+](=C/c2ccccc2)[C@@H]1c1ccccc1)c1ccccc1. The van der Waals surface area contributed by atoms with Crippen LogP contribution >= 0.6 is 0 Å². The van der Waals surface area contributed by atoms with Crippen LogP contribution in [-0.4, -0.2) is 28.7 Å². The van der Waals surface area contributed by atoms with Crippen LogP contribution in [0.4, 0.5) is 0 Å². The van der Waals surface area contributed by atoms with Gasteiger partial charge in [0, 0.05) is 16.7 Å². The molecule has 138 valence electrons. The number of nitrogens with zero attached hydrogens (tertiary/aromatic N) is 2. The fourth-order valence-electron chi connectivity index (χ4n) is 3.28. The first-order chi connectivity index (χ1) is 13.7. The van der Waals surface area contributed by atoms with Gasteiger partial charge in [-0.1, -0.05) is 71.4 Å². The molecule has 1 aliphatic heterocycles. The second kappa shape index (κ2) is 7.88. The van der Waals surface area contributed by atoms with Gasteiger partial charge >= 0.3 is 0 Å². The lowest BCUT2D eigenvalue weighted by Crippen LogP contribution is -2.47. The van der Waals surface area contributed by atoms with Crippen LogP contribution in [0.25, 0.3) is 0 Å². The molecular formula is C23H19N3O2. The molecule has 0 radical (unpaired) electrons. The van der Waals surface area contributed by atoms with Crippen LogP contribution in [0.1, 0.15) is 27.5 Å². The molecule has 0 fully saturated rings. The minimum atomic E-state index is -0.768. The van der Waals surface area contributed by atoms with Gasteiger partial charge in [-0.25, -0.2) is 0 Å². The van der Waals surface area contributed by atoms with Crippen molar-refractivity contribution in [2.45, 2.75) is 12.1 Å². The Bertz CT molecular complexity index is 1020. The summed E-state index contributed by atoms with van der Waals surface area (Å²) in [6.07, 6.45) is 1.82. The highest BCUT2D eigenvalue weighted by atomic mass is 16.3. The van der Waals surface area contributed by atoms with Crippen LogP contribution in [0.2, 0.25) is 0 Å². The van der Waals surface area contributed by atoms with E-state index >= 15 is 0 Å². The predicted molar refractivity (Wildman–Crippen MR) is 106 cm³/mol. The van der Waals surface area contributed by atoms with E-state index in [1.54, 1.807) is 28.9 Å². The van der Waals surface area contributed by atoms with Crippen molar-refractivity contribution in [3.8, 4) is 0 Å². The van der Waals surface area contributed by atoms with Crippen molar-refractivity contribution in [2.24, 2.45) is 5.10 Å². The number of nitrogens with one attached hydrogen (secondary N) is 1. The third kappa shape index (κ3) is 3.69. The lowest BCUT2D eigenvalue weighted by Gasteiger charge is -2.20. The van der Waals surface area contributed by atoms with Crippen molar-refractivity contribution in [1.82, 2.24) is 5.32 Å². The average Bonchev–Trinajstić information content (AvgIpc) is 3.04. The molecule has 0 bridgehead atoms. The number of hydrazone groups is 1. The highest BCUT2D eigenvalue weighted by Gasteiger charge is 2.41. The third-order valence-electron chi connectivity index (χ3n) is 4.63. The molecular weight excluding hydrogens is 350 g/mol. The molecule has 2 atom stereocenters. The number of carbonyl (C=O) groups is 1. The lowest BCUT2D eigenvalue weighted by atomic mass is 9.99. The zero-order chi connectivity index (χ0) is 19.3. The molecule has 0 saturated heterocycles. The first-order valence-electron chi connectivity index (χ1n) is 9.07. The van der Waals surface area contributed by atoms with Gasteiger partial charge in [0.05, 0.1) is 5.90 Å². The van der Waals surface area contributed by atoms with Gasteiger partial charge in [0.1, 0.15) is 6.04 Å². The quantitative estimate of drug-likeness (QED) is 0.718. The zero-order valence-electron chi connectivity index (χ0n) is 15.1. The van der Waals surface area contributed by atoms with Crippen molar-refractivity contribution in [3.63, 3.8) is 0 Å². The summed E-state index contributed by atoms with van der Waals surface area (Å²) in [6.45, 7) is 0. The Morgan fingerprint density at radius 2 is 1.46 bits per heavy atom. The molecule has 1 amide bonds. The molecule has 0 unspecified atom stereocenters. The van der Waals surface area contributed by atoms with E-state index in [1.165, 1.54) is 0 Å². The monoisotopic (exact) mass is 369 g/mol. The van der Waals surface area contributed by atoms with E-state index in [9.17, 15) is 9.90 Å². The first-order valence-corrected chi connectivity index (χ1v) is 9.07. The largest absolute Gasteiger partial charge is 0.856 e. The molecule has 1 N–H and O–H groups in total. The average molecular weight is 369 g/mol. The fourth-order valence-corrected chi connectivity index (χ4v) is 3.28. The number of benzene rings is 3. The molecule has 1 aliphatic rings. The van der Waals surface area contributed by atoms with Gasteiger partial charge in [-0.2, -0.15) is 0 Å². The molecule has 5 heteroatoms. The summed E-state index contributed by atoms with van der Waals surface area (Å²) in [5, 5.41) is 19.7. The van der Waals surface area contributed by atoms with Gasteiger partial charge in [0.15, 0.2) is 0 Å². The summed E-state index contributed by atoms with van der Waals surface area (Å²) in [5.74, 6) is -0.665. The molecule has 0 saturated carbocycles. The number of hydrogen-bond acceptors (Lipinski definition) is 3. The molecule has 0 aliphatic carbocycles. The van der Waals surface area contributed by atoms with Gasteiger partial charge in [0.2, 0.25) is 12.3 Å². The van der Waals surface area contributed by atoms with E-state index in [2.05, 4.69) is 10.4 Å². The van der Waals surface area contributed by atoms with E-state index in [0.29, 0.717) is 5.56 Å². The van der Waals surface area contributed by atoms with Crippen molar-refractivity contribution in [1.29, 1.82) is 0 Å². The normalized spacial score (nSPS) is 20.0. The standard InChI is InChI=1S/C23H19N3O2/c27-22(19-14-8-3-9-15-19)24-20-21(18-12-6-2-7-13-18)26(25-23(20)28)16-17-10-4-1-5-11-17/h1-16,20-21H,(H-,24,25,27,28)/b26-16+/t20-,21-/m1/s1. The van der Waals surface area contributed by atoms with Crippen LogP contribution < -0.4 is 10.4 Å². The minimum Gasteiger partial charge on any atom is -0.856 e. The molecule has 5 nitrogen and oxygen atoms in total. The summed E-state index contributed by atoms with van der Waals surface area (Å²) in [7, 11) is 0. The van der Waals surface area contributed by atoms with E-state index < -0.39 is 12.1 Å². The molecule has 3 aromatic carbocycles. The molecule has 0 aromatic heterocycles. The third-order valence-corrected chi connectivity index (χ3v) is 4.63. The maximum atomic E-state index is 12.7. The van der Waals surface area contributed by atoms with Gasteiger partial charge in [-0.3, -0.25) is 4.79 Å². The molecule has 0 spiro atoms. The summed E-state index contributed by atoms with van der Waals surface area (Å²) >= 11 is 0. The Labute approximate surface area is 163 Å². The number of amides is 1. The number of rotatable bonds is 4. The summed E-state index contributed by atoms with van der Waals surface area (Å²) < 4.78 is 1.64. The zero-order valence-corrected chi connectivity index (χ0v) is 15.1. The van der Waals surface area contributed by atoms with Crippen LogP contribution in [0.5, 0.6) is 0 Å². The molecule has 4 rings (SSSR count). The fraction of sp³-hybridized carbons (Fsp3) is 0.0870.